The maximum Gasteiger partial charge on any atom is 0.134 e. The molecule has 1 N–H and O–H groups in total. The number of carbonyl (C=O) groups excluding carboxylic acids is 1. The van der Waals surface area contributed by atoms with Crippen LogP contribution in [0.15, 0.2) is 18.3 Å². The maximum absolute atomic E-state index is 10.7. The molecule has 0 bridgehead atoms. The van der Waals surface area contributed by atoms with Gasteiger partial charge >= 0.3 is 0 Å². The van der Waals surface area contributed by atoms with E-state index in [1.807, 2.05) is 0 Å². The quantitative estimate of drug-likeness (QED) is 0.717. The number of pyridine rings is 1. The van der Waals surface area contributed by atoms with Crippen molar-refractivity contribution in [2.45, 2.75) is 20.0 Å². The molecule has 3 nitrogen and oxygen atoms in total. The van der Waals surface area contributed by atoms with Gasteiger partial charge in [0.1, 0.15) is 5.78 Å². The molecule has 3 heteroatoms. The van der Waals surface area contributed by atoms with E-state index in [-0.39, 0.29) is 12.4 Å². The van der Waals surface area contributed by atoms with Crippen molar-refractivity contribution in [3.05, 3.63) is 29.6 Å². The predicted molar refractivity (Wildman–Crippen MR) is 44.5 cm³/mol. The third kappa shape index (κ3) is 2.43. The Balaban J connectivity index is 2.71. The smallest absolute Gasteiger partial charge is 0.134 e. The largest absolute Gasteiger partial charge is 0.390 e. The Morgan fingerprint density at radius 1 is 1.58 bits per heavy atom. The Kier molecular flexibility index (Phi) is 2.94. The molecule has 0 aliphatic heterocycles. The van der Waals surface area contributed by atoms with Gasteiger partial charge in [-0.15, -0.1) is 0 Å². The number of aliphatic hydroxyl groups excluding tert-OH is 1. The lowest BCUT2D eigenvalue weighted by atomic mass is 10.1. The summed E-state index contributed by atoms with van der Waals surface area (Å²) in [5.74, 6) is 0.119. The highest BCUT2D eigenvalue weighted by Crippen LogP contribution is 2.01. The highest BCUT2D eigenvalue weighted by atomic mass is 16.3. The molecule has 0 spiro atoms. The topological polar surface area (TPSA) is 50.2 Å². The summed E-state index contributed by atoms with van der Waals surface area (Å²) >= 11 is 0. The molecule has 0 saturated carbocycles. The lowest BCUT2D eigenvalue weighted by Gasteiger charge is -1.98. The molecule has 0 amide bonds. The lowest BCUT2D eigenvalue weighted by Crippen LogP contribution is -1.98. The van der Waals surface area contributed by atoms with Crippen LogP contribution in [0.25, 0.3) is 0 Å². The first kappa shape index (κ1) is 8.87. The van der Waals surface area contributed by atoms with Crippen LogP contribution in [0.3, 0.4) is 0 Å². The minimum absolute atomic E-state index is 0.0552. The highest BCUT2D eigenvalue weighted by molar-refractivity contribution is 5.78. The number of Topliss-reactive ketones (excluding diaryl/α,β-unsaturated/α-hetero) is 1. The predicted octanol–water partition coefficient (Wildman–Crippen LogP) is 0.705. The number of hydrogen-bond acceptors (Lipinski definition) is 3. The number of carbonyl (C=O) groups is 1. The van der Waals surface area contributed by atoms with Crippen LogP contribution in [0.5, 0.6) is 0 Å². The average Bonchev–Trinajstić information content (AvgIpc) is 2.05. The fraction of sp³-hybridized carbons (Fsp3) is 0.333. The Labute approximate surface area is 71.1 Å². The normalized spacial score (nSPS) is 9.83. The van der Waals surface area contributed by atoms with Crippen LogP contribution >= 0.6 is 0 Å². The van der Waals surface area contributed by atoms with E-state index in [9.17, 15) is 4.79 Å². The molecule has 0 saturated heterocycles. The second kappa shape index (κ2) is 3.97. The van der Waals surface area contributed by atoms with Crippen molar-refractivity contribution >= 4 is 5.78 Å². The van der Waals surface area contributed by atoms with Gasteiger partial charge in [0, 0.05) is 12.6 Å². The van der Waals surface area contributed by atoms with Gasteiger partial charge in [-0.05, 0) is 18.6 Å². The first-order valence-corrected chi connectivity index (χ1v) is 3.76. The van der Waals surface area contributed by atoms with Crippen LogP contribution in [-0.4, -0.2) is 15.9 Å². The number of rotatable bonds is 3. The number of ketones is 1. The zero-order valence-electron chi connectivity index (χ0n) is 6.95. The van der Waals surface area contributed by atoms with E-state index in [0.29, 0.717) is 12.1 Å². The molecule has 1 heterocycles. The summed E-state index contributed by atoms with van der Waals surface area (Å²) in [6, 6.07) is 3.53. The van der Waals surface area contributed by atoms with Crippen molar-refractivity contribution in [2.24, 2.45) is 0 Å². The van der Waals surface area contributed by atoms with Crippen molar-refractivity contribution in [1.29, 1.82) is 0 Å². The van der Waals surface area contributed by atoms with Crippen molar-refractivity contribution < 1.29 is 9.90 Å². The second-order valence-corrected chi connectivity index (χ2v) is 2.69. The van der Waals surface area contributed by atoms with E-state index >= 15 is 0 Å². The standard InChI is InChI=1S/C9H11NO2/c1-7(12)4-8-2-3-9(6-11)10-5-8/h2-3,5,11H,4,6H2,1H3. The van der Waals surface area contributed by atoms with E-state index in [1.54, 1.807) is 25.3 Å². The molecule has 0 unspecified atom stereocenters. The van der Waals surface area contributed by atoms with Crippen LogP contribution in [0.2, 0.25) is 0 Å². The molecular weight excluding hydrogens is 154 g/mol. The SMILES string of the molecule is CC(=O)Cc1ccc(CO)nc1. The zero-order chi connectivity index (χ0) is 8.97. The van der Waals surface area contributed by atoms with Gasteiger partial charge < -0.3 is 5.11 Å². The lowest BCUT2D eigenvalue weighted by molar-refractivity contribution is -0.116. The minimum Gasteiger partial charge on any atom is -0.390 e. The van der Waals surface area contributed by atoms with Gasteiger partial charge in [0.2, 0.25) is 0 Å². The maximum atomic E-state index is 10.7. The molecule has 64 valence electrons. The van der Waals surface area contributed by atoms with Crippen LogP contribution in [0, 0.1) is 0 Å². The fourth-order valence-corrected chi connectivity index (χ4v) is 0.941. The van der Waals surface area contributed by atoms with Gasteiger partial charge in [-0.25, -0.2) is 0 Å². The molecule has 1 aromatic rings. The van der Waals surface area contributed by atoms with Gasteiger partial charge in [0.05, 0.1) is 12.3 Å². The number of aromatic nitrogens is 1. The molecule has 0 fully saturated rings. The Hall–Kier alpha value is -1.22. The summed E-state index contributed by atoms with van der Waals surface area (Å²) in [5, 5.41) is 8.68. The summed E-state index contributed by atoms with van der Waals surface area (Å²) in [4.78, 5) is 14.6. The third-order valence-corrected chi connectivity index (χ3v) is 1.50. The van der Waals surface area contributed by atoms with Crippen LogP contribution < -0.4 is 0 Å². The molecule has 0 radical (unpaired) electrons. The summed E-state index contributed by atoms with van der Waals surface area (Å²) in [6.07, 6.45) is 2.03. The molecule has 0 aromatic carbocycles. The molecule has 0 aliphatic carbocycles. The van der Waals surface area contributed by atoms with E-state index in [0.717, 1.165) is 5.56 Å². The third-order valence-electron chi connectivity index (χ3n) is 1.50. The molecule has 12 heavy (non-hydrogen) atoms. The van der Waals surface area contributed by atoms with Gasteiger partial charge in [-0.1, -0.05) is 6.07 Å². The fourth-order valence-electron chi connectivity index (χ4n) is 0.941. The van der Waals surface area contributed by atoms with Gasteiger partial charge in [0.15, 0.2) is 0 Å². The summed E-state index contributed by atoms with van der Waals surface area (Å²) < 4.78 is 0. The summed E-state index contributed by atoms with van der Waals surface area (Å²) in [6.45, 7) is 1.49. The van der Waals surface area contributed by atoms with E-state index in [2.05, 4.69) is 4.98 Å². The van der Waals surface area contributed by atoms with Crippen LogP contribution in [0.1, 0.15) is 18.2 Å². The van der Waals surface area contributed by atoms with E-state index < -0.39 is 0 Å². The molecule has 0 atom stereocenters. The Morgan fingerprint density at radius 3 is 2.75 bits per heavy atom. The van der Waals surface area contributed by atoms with Gasteiger partial charge in [-0.2, -0.15) is 0 Å². The van der Waals surface area contributed by atoms with E-state index in [4.69, 9.17) is 5.11 Å². The molecular formula is C9H11NO2. The Bertz CT molecular complexity index is 266. The van der Waals surface area contributed by atoms with Crippen molar-refractivity contribution in [2.75, 3.05) is 0 Å². The average molecular weight is 165 g/mol. The Morgan fingerprint density at radius 2 is 2.33 bits per heavy atom. The van der Waals surface area contributed by atoms with Crippen molar-refractivity contribution in [1.82, 2.24) is 4.98 Å². The number of nitrogens with zero attached hydrogens (tertiary/aromatic N) is 1. The highest BCUT2D eigenvalue weighted by Gasteiger charge is 1.97. The first-order valence-electron chi connectivity index (χ1n) is 3.76. The van der Waals surface area contributed by atoms with Gasteiger partial charge in [0.25, 0.3) is 0 Å². The van der Waals surface area contributed by atoms with Crippen LogP contribution in [-0.2, 0) is 17.8 Å². The zero-order valence-corrected chi connectivity index (χ0v) is 6.95. The van der Waals surface area contributed by atoms with Crippen molar-refractivity contribution in [3.8, 4) is 0 Å². The van der Waals surface area contributed by atoms with Gasteiger partial charge in [-0.3, -0.25) is 9.78 Å². The number of hydrogen-bond donors (Lipinski definition) is 1. The van der Waals surface area contributed by atoms with Crippen LogP contribution in [0.4, 0.5) is 0 Å². The molecule has 0 aliphatic rings. The summed E-state index contributed by atoms with van der Waals surface area (Å²) in [5.41, 5.74) is 1.52. The second-order valence-electron chi connectivity index (χ2n) is 2.69. The monoisotopic (exact) mass is 165 g/mol. The van der Waals surface area contributed by atoms with E-state index in [1.165, 1.54) is 0 Å². The summed E-state index contributed by atoms with van der Waals surface area (Å²) in [7, 11) is 0. The first-order chi connectivity index (χ1) is 5.72. The molecule has 1 rings (SSSR count). The van der Waals surface area contributed by atoms with Crippen molar-refractivity contribution in [3.63, 3.8) is 0 Å². The number of aliphatic hydroxyl groups is 1. The minimum atomic E-state index is -0.0552. The molecule has 1 aromatic heterocycles.